The third-order valence-corrected chi connectivity index (χ3v) is 7.61. The molecule has 1 aliphatic heterocycles. The molecule has 1 aromatic heterocycles. The molecule has 1 saturated heterocycles. The maximum absolute atomic E-state index is 13.7. The van der Waals surface area contributed by atoms with E-state index in [1.54, 1.807) is 30.2 Å². The van der Waals surface area contributed by atoms with Gasteiger partial charge in [-0.15, -0.1) is 11.8 Å². The largest absolute Gasteiger partial charge is 0.494 e. The van der Waals surface area contributed by atoms with Crippen molar-refractivity contribution in [2.45, 2.75) is 18.7 Å². The van der Waals surface area contributed by atoms with E-state index in [1.165, 1.54) is 0 Å². The van der Waals surface area contributed by atoms with E-state index in [9.17, 15) is 4.79 Å². The van der Waals surface area contributed by atoms with Gasteiger partial charge in [0.05, 0.1) is 25.0 Å². The zero-order chi connectivity index (χ0) is 22.5. The number of benzene rings is 2. The Morgan fingerprint density at radius 1 is 1.28 bits per heavy atom. The average molecular weight is 472 g/mol. The SMILES string of the molecule is CCSc1cccc(C(=O)N(CCN2CCOCC2)c2nc3c(OC)ccc(C)c3s2)c1. The van der Waals surface area contributed by atoms with Crippen LogP contribution in [-0.4, -0.2) is 68.0 Å². The van der Waals surface area contributed by atoms with E-state index >= 15 is 0 Å². The Hall–Kier alpha value is -2.13. The van der Waals surface area contributed by atoms with Gasteiger partial charge in [-0.2, -0.15) is 0 Å². The van der Waals surface area contributed by atoms with Crippen LogP contribution in [-0.2, 0) is 4.74 Å². The van der Waals surface area contributed by atoms with Gasteiger partial charge in [-0.1, -0.05) is 30.4 Å². The van der Waals surface area contributed by atoms with Crippen molar-refractivity contribution in [3.63, 3.8) is 0 Å². The molecule has 0 N–H and O–H groups in total. The number of carbonyl (C=O) groups is 1. The molecule has 170 valence electrons. The zero-order valence-corrected chi connectivity index (χ0v) is 20.4. The summed E-state index contributed by atoms with van der Waals surface area (Å²) in [5.41, 5.74) is 2.63. The van der Waals surface area contributed by atoms with Crippen LogP contribution in [0.15, 0.2) is 41.3 Å². The summed E-state index contributed by atoms with van der Waals surface area (Å²) < 4.78 is 12.1. The highest BCUT2D eigenvalue weighted by Crippen LogP contribution is 2.37. The number of thioether (sulfide) groups is 1. The normalized spacial score (nSPS) is 14.6. The number of anilines is 1. The summed E-state index contributed by atoms with van der Waals surface area (Å²) >= 11 is 3.29. The van der Waals surface area contributed by atoms with E-state index in [2.05, 4.69) is 24.8 Å². The minimum Gasteiger partial charge on any atom is -0.494 e. The summed E-state index contributed by atoms with van der Waals surface area (Å²) in [5, 5.41) is 0.708. The second-order valence-corrected chi connectivity index (χ2v) is 9.95. The third kappa shape index (κ3) is 5.09. The maximum atomic E-state index is 13.7. The fourth-order valence-electron chi connectivity index (χ4n) is 3.77. The molecule has 0 unspecified atom stereocenters. The molecule has 32 heavy (non-hydrogen) atoms. The van der Waals surface area contributed by atoms with Crippen molar-refractivity contribution in [3.8, 4) is 5.75 Å². The minimum atomic E-state index is -0.0208. The highest BCUT2D eigenvalue weighted by Gasteiger charge is 2.24. The number of aromatic nitrogens is 1. The molecule has 1 aliphatic rings. The van der Waals surface area contributed by atoms with Gasteiger partial charge in [0.1, 0.15) is 11.3 Å². The molecule has 0 spiro atoms. The molecule has 0 aliphatic carbocycles. The fourth-order valence-corrected chi connectivity index (χ4v) is 5.56. The summed E-state index contributed by atoms with van der Waals surface area (Å²) in [7, 11) is 1.65. The number of rotatable bonds is 8. The molecule has 2 aromatic carbocycles. The maximum Gasteiger partial charge on any atom is 0.260 e. The van der Waals surface area contributed by atoms with Crippen molar-refractivity contribution in [2.75, 3.05) is 57.2 Å². The number of thiazole rings is 1. The molecule has 2 heterocycles. The highest BCUT2D eigenvalue weighted by atomic mass is 32.2. The predicted octanol–water partition coefficient (Wildman–Crippen LogP) is 4.70. The van der Waals surface area contributed by atoms with E-state index in [0.29, 0.717) is 17.2 Å². The molecular weight excluding hydrogens is 442 g/mol. The van der Waals surface area contributed by atoms with Gasteiger partial charge in [0, 0.05) is 36.6 Å². The van der Waals surface area contributed by atoms with Crippen molar-refractivity contribution >= 4 is 44.4 Å². The first-order valence-corrected chi connectivity index (χ1v) is 12.7. The number of hydrogen-bond donors (Lipinski definition) is 0. The molecular formula is C24H29N3O3S2. The van der Waals surface area contributed by atoms with Gasteiger partial charge >= 0.3 is 0 Å². The van der Waals surface area contributed by atoms with Gasteiger partial charge in [-0.25, -0.2) is 4.98 Å². The lowest BCUT2D eigenvalue weighted by molar-refractivity contribution is 0.0391. The van der Waals surface area contributed by atoms with Crippen LogP contribution in [0, 0.1) is 6.92 Å². The Morgan fingerprint density at radius 2 is 2.09 bits per heavy atom. The van der Waals surface area contributed by atoms with E-state index in [-0.39, 0.29) is 5.91 Å². The van der Waals surface area contributed by atoms with Crippen molar-refractivity contribution in [3.05, 3.63) is 47.5 Å². The Labute approximate surface area is 197 Å². The third-order valence-electron chi connectivity index (χ3n) is 5.52. The summed E-state index contributed by atoms with van der Waals surface area (Å²) in [5.74, 6) is 1.68. The van der Waals surface area contributed by atoms with Crippen LogP contribution >= 0.6 is 23.1 Å². The Kier molecular flexibility index (Phi) is 7.67. The standard InChI is InChI=1S/C24H29N3O3S2/c1-4-31-19-7-5-6-18(16-19)23(28)27(11-10-26-12-14-30-15-13-26)24-25-21-20(29-3)9-8-17(2)22(21)32-24/h5-9,16H,4,10-15H2,1-3H3. The molecule has 0 bridgehead atoms. The van der Waals surface area contributed by atoms with Crippen molar-refractivity contribution in [1.29, 1.82) is 0 Å². The van der Waals surface area contributed by atoms with Crippen LogP contribution in [0.3, 0.4) is 0 Å². The Balaban J connectivity index is 1.68. The van der Waals surface area contributed by atoms with E-state index in [0.717, 1.165) is 65.0 Å². The van der Waals surface area contributed by atoms with Crippen LogP contribution in [0.25, 0.3) is 10.2 Å². The van der Waals surface area contributed by atoms with Gasteiger partial charge in [0.25, 0.3) is 5.91 Å². The smallest absolute Gasteiger partial charge is 0.260 e. The highest BCUT2D eigenvalue weighted by molar-refractivity contribution is 7.99. The van der Waals surface area contributed by atoms with Gasteiger partial charge in [0.15, 0.2) is 5.13 Å². The van der Waals surface area contributed by atoms with Gasteiger partial charge in [-0.3, -0.25) is 14.6 Å². The van der Waals surface area contributed by atoms with Gasteiger partial charge in [0.2, 0.25) is 0 Å². The number of carbonyl (C=O) groups excluding carboxylic acids is 1. The van der Waals surface area contributed by atoms with Crippen LogP contribution in [0.5, 0.6) is 5.75 Å². The van der Waals surface area contributed by atoms with Crippen molar-refractivity contribution in [1.82, 2.24) is 9.88 Å². The first kappa shape index (κ1) is 23.0. The molecule has 4 rings (SSSR count). The number of methoxy groups -OCH3 is 1. The van der Waals surface area contributed by atoms with Crippen LogP contribution < -0.4 is 9.64 Å². The summed E-state index contributed by atoms with van der Waals surface area (Å²) in [4.78, 5) is 23.8. The summed E-state index contributed by atoms with van der Waals surface area (Å²) in [6.07, 6.45) is 0. The summed E-state index contributed by atoms with van der Waals surface area (Å²) in [6, 6.07) is 11.9. The quantitative estimate of drug-likeness (QED) is 0.444. The summed E-state index contributed by atoms with van der Waals surface area (Å²) in [6.45, 7) is 8.79. The number of morpholine rings is 1. The molecule has 0 atom stereocenters. The second kappa shape index (κ2) is 10.7. The number of nitrogens with zero attached hydrogens (tertiary/aromatic N) is 3. The first-order chi connectivity index (χ1) is 15.6. The minimum absolute atomic E-state index is 0.0208. The number of amides is 1. The van der Waals surface area contributed by atoms with Crippen LogP contribution in [0.4, 0.5) is 5.13 Å². The van der Waals surface area contributed by atoms with E-state index < -0.39 is 0 Å². The van der Waals surface area contributed by atoms with Crippen LogP contribution in [0.1, 0.15) is 22.8 Å². The van der Waals surface area contributed by atoms with Gasteiger partial charge in [-0.05, 0) is 42.5 Å². The molecule has 6 nitrogen and oxygen atoms in total. The molecule has 1 amide bonds. The second-order valence-electron chi connectivity index (χ2n) is 7.63. The molecule has 1 fully saturated rings. The molecule has 0 radical (unpaired) electrons. The van der Waals surface area contributed by atoms with Gasteiger partial charge < -0.3 is 9.47 Å². The van der Waals surface area contributed by atoms with E-state index in [4.69, 9.17) is 14.5 Å². The Morgan fingerprint density at radius 3 is 2.84 bits per heavy atom. The lowest BCUT2D eigenvalue weighted by Crippen LogP contribution is -2.43. The lowest BCUT2D eigenvalue weighted by atomic mass is 10.2. The Bertz CT molecular complexity index is 1080. The monoisotopic (exact) mass is 471 g/mol. The zero-order valence-electron chi connectivity index (χ0n) is 18.8. The van der Waals surface area contributed by atoms with E-state index in [1.807, 2.05) is 35.2 Å². The number of fused-ring (bicyclic) bond motifs is 1. The van der Waals surface area contributed by atoms with Crippen molar-refractivity contribution in [2.24, 2.45) is 0 Å². The molecule has 0 saturated carbocycles. The number of aryl methyl sites for hydroxylation is 1. The molecule has 3 aromatic rings. The lowest BCUT2D eigenvalue weighted by Gasteiger charge is -2.29. The van der Waals surface area contributed by atoms with Crippen LogP contribution in [0.2, 0.25) is 0 Å². The predicted molar refractivity (Wildman–Crippen MR) is 133 cm³/mol. The number of hydrogen-bond acceptors (Lipinski definition) is 7. The van der Waals surface area contributed by atoms with Crippen molar-refractivity contribution < 1.29 is 14.3 Å². The topological polar surface area (TPSA) is 54.9 Å². The molecule has 8 heteroatoms. The average Bonchev–Trinajstić information content (AvgIpc) is 3.26. The number of ether oxygens (including phenoxy) is 2. The fraction of sp³-hybridized carbons (Fsp3) is 0.417. The first-order valence-electron chi connectivity index (χ1n) is 10.9.